The SMILES string of the molecule is Nc1ccc(CC(=O)Nc2cc([N+](=O)[O-])ccc2F)nc1. The summed E-state index contributed by atoms with van der Waals surface area (Å²) in [6, 6.07) is 6.06. The molecule has 2 rings (SSSR count). The van der Waals surface area contributed by atoms with Gasteiger partial charge in [0.1, 0.15) is 5.82 Å². The average Bonchev–Trinajstić information content (AvgIpc) is 2.43. The number of hydrogen-bond acceptors (Lipinski definition) is 5. The maximum Gasteiger partial charge on any atom is 0.271 e. The van der Waals surface area contributed by atoms with Crippen molar-refractivity contribution in [3.05, 3.63) is 58.2 Å². The summed E-state index contributed by atoms with van der Waals surface area (Å²) in [5, 5.41) is 12.9. The summed E-state index contributed by atoms with van der Waals surface area (Å²) in [6.07, 6.45) is 1.30. The molecule has 1 aromatic carbocycles. The molecule has 0 atom stereocenters. The highest BCUT2D eigenvalue weighted by molar-refractivity contribution is 5.92. The maximum atomic E-state index is 13.5. The van der Waals surface area contributed by atoms with Crippen molar-refractivity contribution in [1.29, 1.82) is 0 Å². The minimum Gasteiger partial charge on any atom is -0.397 e. The first kappa shape index (κ1) is 14.4. The monoisotopic (exact) mass is 290 g/mol. The quantitative estimate of drug-likeness (QED) is 0.659. The van der Waals surface area contributed by atoms with Gasteiger partial charge in [-0.3, -0.25) is 19.9 Å². The van der Waals surface area contributed by atoms with E-state index in [0.717, 1.165) is 18.2 Å². The highest BCUT2D eigenvalue weighted by Gasteiger charge is 2.13. The van der Waals surface area contributed by atoms with Crippen LogP contribution in [0.1, 0.15) is 5.69 Å². The van der Waals surface area contributed by atoms with Gasteiger partial charge in [0, 0.05) is 17.8 Å². The van der Waals surface area contributed by atoms with Gasteiger partial charge in [0.15, 0.2) is 0 Å². The van der Waals surface area contributed by atoms with Crippen LogP contribution in [0.25, 0.3) is 0 Å². The normalized spacial score (nSPS) is 10.1. The van der Waals surface area contributed by atoms with Crippen LogP contribution in [-0.4, -0.2) is 15.8 Å². The molecule has 0 fully saturated rings. The van der Waals surface area contributed by atoms with E-state index < -0.39 is 16.6 Å². The molecule has 0 saturated carbocycles. The summed E-state index contributed by atoms with van der Waals surface area (Å²) in [7, 11) is 0. The Morgan fingerprint density at radius 3 is 2.76 bits per heavy atom. The average molecular weight is 290 g/mol. The van der Waals surface area contributed by atoms with E-state index in [0.29, 0.717) is 11.4 Å². The summed E-state index contributed by atoms with van der Waals surface area (Å²) in [6.45, 7) is 0. The minimum atomic E-state index is -0.751. The van der Waals surface area contributed by atoms with E-state index in [4.69, 9.17) is 5.73 Å². The molecule has 0 bridgehead atoms. The Balaban J connectivity index is 2.10. The molecular formula is C13H11FN4O3. The van der Waals surface area contributed by atoms with Crippen molar-refractivity contribution >= 4 is 23.0 Å². The lowest BCUT2D eigenvalue weighted by Crippen LogP contribution is -2.16. The number of rotatable bonds is 4. The van der Waals surface area contributed by atoms with Gasteiger partial charge in [0.25, 0.3) is 5.69 Å². The summed E-state index contributed by atoms with van der Waals surface area (Å²) < 4.78 is 13.5. The molecule has 0 aliphatic carbocycles. The fourth-order valence-electron chi connectivity index (χ4n) is 1.62. The molecule has 108 valence electrons. The van der Waals surface area contributed by atoms with Crippen LogP contribution < -0.4 is 11.1 Å². The smallest absolute Gasteiger partial charge is 0.271 e. The number of non-ortho nitro benzene ring substituents is 1. The fourth-order valence-corrected chi connectivity index (χ4v) is 1.62. The first-order chi connectivity index (χ1) is 9.95. The second kappa shape index (κ2) is 5.95. The molecule has 1 amide bonds. The lowest BCUT2D eigenvalue weighted by atomic mass is 10.2. The van der Waals surface area contributed by atoms with E-state index in [1.165, 1.54) is 6.20 Å². The Bertz CT molecular complexity index is 688. The summed E-state index contributed by atoms with van der Waals surface area (Å²) >= 11 is 0. The number of nitro benzene ring substituents is 1. The van der Waals surface area contributed by atoms with E-state index in [-0.39, 0.29) is 17.8 Å². The molecule has 0 aliphatic rings. The molecular weight excluding hydrogens is 279 g/mol. The number of pyridine rings is 1. The number of benzene rings is 1. The van der Waals surface area contributed by atoms with Gasteiger partial charge in [-0.05, 0) is 18.2 Å². The molecule has 0 radical (unpaired) electrons. The number of aromatic nitrogens is 1. The summed E-state index contributed by atoms with van der Waals surface area (Å²) in [5.41, 5.74) is 5.83. The standard InChI is InChI=1S/C13H11FN4O3/c14-11-4-3-10(18(20)21)6-12(11)17-13(19)5-9-2-1-8(15)7-16-9/h1-4,6-7H,5,15H2,(H,17,19). The van der Waals surface area contributed by atoms with Crippen molar-refractivity contribution in [1.82, 2.24) is 4.98 Å². The van der Waals surface area contributed by atoms with Crippen LogP contribution in [0.5, 0.6) is 0 Å². The molecule has 1 aromatic heterocycles. The number of nitrogens with two attached hydrogens (primary N) is 1. The lowest BCUT2D eigenvalue weighted by molar-refractivity contribution is -0.384. The molecule has 21 heavy (non-hydrogen) atoms. The van der Waals surface area contributed by atoms with E-state index in [2.05, 4.69) is 10.3 Å². The topological polar surface area (TPSA) is 111 Å². The number of halogens is 1. The van der Waals surface area contributed by atoms with Crippen molar-refractivity contribution in [2.24, 2.45) is 0 Å². The number of amides is 1. The minimum absolute atomic E-state index is 0.0948. The molecule has 3 N–H and O–H groups in total. The Kier molecular flexibility index (Phi) is 4.07. The second-order valence-corrected chi connectivity index (χ2v) is 4.23. The Labute approximate surface area is 118 Å². The van der Waals surface area contributed by atoms with E-state index in [9.17, 15) is 19.3 Å². The van der Waals surface area contributed by atoms with Gasteiger partial charge in [-0.25, -0.2) is 4.39 Å². The molecule has 0 spiro atoms. The summed E-state index contributed by atoms with van der Waals surface area (Å²) in [4.78, 5) is 25.7. The molecule has 0 unspecified atom stereocenters. The molecule has 8 heteroatoms. The highest BCUT2D eigenvalue weighted by atomic mass is 19.1. The van der Waals surface area contributed by atoms with Crippen LogP contribution in [0.2, 0.25) is 0 Å². The second-order valence-electron chi connectivity index (χ2n) is 4.23. The van der Waals surface area contributed by atoms with Crippen molar-refractivity contribution in [3.8, 4) is 0 Å². The third kappa shape index (κ3) is 3.72. The molecule has 0 aliphatic heterocycles. The Morgan fingerprint density at radius 1 is 1.38 bits per heavy atom. The van der Waals surface area contributed by atoms with Crippen molar-refractivity contribution < 1.29 is 14.1 Å². The number of anilines is 2. The van der Waals surface area contributed by atoms with Gasteiger partial charge in [-0.1, -0.05) is 0 Å². The third-order valence-electron chi connectivity index (χ3n) is 2.62. The maximum absolute atomic E-state index is 13.5. The molecule has 0 saturated heterocycles. The number of nitrogens with zero attached hydrogens (tertiary/aromatic N) is 2. The molecule has 7 nitrogen and oxygen atoms in total. The van der Waals surface area contributed by atoms with Crippen LogP contribution in [0.4, 0.5) is 21.5 Å². The van der Waals surface area contributed by atoms with E-state index in [1.54, 1.807) is 12.1 Å². The van der Waals surface area contributed by atoms with Gasteiger partial charge in [0.2, 0.25) is 5.91 Å². The van der Waals surface area contributed by atoms with Crippen molar-refractivity contribution in [2.45, 2.75) is 6.42 Å². The van der Waals surface area contributed by atoms with Crippen LogP contribution in [0, 0.1) is 15.9 Å². The zero-order chi connectivity index (χ0) is 15.4. The van der Waals surface area contributed by atoms with Crippen LogP contribution >= 0.6 is 0 Å². The zero-order valence-electron chi connectivity index (χ0n) is 10.7. The van der Waals surface area contributed by atoms with Crippen molar-refractivity contribution in [3.63, 3.8) is 0 Å². The highest BCUT2D eigenvalue weighted by Crippen LogP contribution is 2.21. The van der Waals surface area contributed by atoms with E-state index >= 15 is 0 Å². The van der Waals surface area contributed by atoms with Gasteiger partial charge < -0.3 is 11.1 Å². The third-order valence-corrected chi connectivity index (χ3v) is 2.62. The number of hydrogen-bond donors (Lipinski definition) is 2. The predicted molar refractivity (Wildman–Crippen MR) is 74.0 cm³/mol. The molecule has 2 aromatic rings. The lowest BCUT2D eigenvalue weighted by Gasteiger charge is -2.06. The van der Waals surface area contributed by atoms with Gasteiger partial charge in [0.05, 0.1) is 28.9 Å². The Hall–Kier alpha value is -3.03. The number of carbonyl (C=O) groups excluding carboxylic acids is 1. The van der Waals surface area contributed by atoms with Crippen LogP contribution in [0.15, 0.2) is 36.5 Å². The number of nitrogens with one attached hydrogen (secondary N) is 1. The van der Waals surface area contributed by atoms with Crippen molar-refractivity contribution in [2.75, 3.05) is 11.1 Å². The largest absolute Gasteiger partial charge is 0.397 e. The van der Waals surface area contributed by atoms with E-state index in [1.807, 2.05) is 0 Å². The Morgan fingerprint density at radius 2 is 2.14 bits per heavy atom. The number of nitrogen functional groups attached to an aromatic ring is 1. The van der Waals surface area contributed by atoms with Gasteiger partial charge in [-0.2, -0.15) is 0 Å². The van der Waals surface area contributed by atoms with Crippen LogP contribution in [-0.2, 0) is 11.2 Å². The van der Waals surface area contributed by atoms with Crippen LogP contribution in [0.3, 0.4) is 0 Å². The number of nitro groups is 1. The summed E-state index contributed by atoms with van der Waals surface area (Å²) in [5.74, 6) is -1.29. The zero-order valence-corrected chi connectivity index (χ0v) is 10.7. The molecule has 1 heterocycles. The predicted octanol–water partition coefficient (Wildman–Crippen LogP) is 1.89. The fraction of sp³-hybridized carbons (Fsp3) is 0.0769. The first-order valence-corrected chi connectivity index (χ1v) is 5.90. The van der Waals surface area contributed by atoms with Gasteiger partial charge >= 0.3 is 0 Å². The number of carbonyl (C=O) groups is 1. The first-order valence-electron chi connectivity index (χ1n) is 5.90. The van der Waals surface area contributed by atoms with Gasteiger partial charge in [-0.15, -0.1) is 0 Å².